The maximum atomic E-state index is 13.2. The maximum absolute atomic E-state index is 13.2. The lowest BCUT2D eigenvalue weighted by Gasteiger charge is -2.08. The third kappa shape index (κ3) is 1.72. The van der Waals surface area contributed by atoms with E-state index in [-0.39, 0.29) is 11.6 Å². The number of halogens is 1. The summed E-state index contributed by atoms with van der Waals surface area (Å²) in [6.45, 7) is 3.56. The van der Waals surface area contributed by atoms with Crippen molar-refractivity contribution in [3.8, 4) is 0 Å². The Hall–Kier alpha value is -1.44. The van der Waals surface area contributed by atoms with Gasteiger partial charge in [-0.15, -0.1) is 0 Å². The van der Waals surface area contributed by atoms with Crippen molar-refractivity contribution in [3.05, 3.63) is 40.7 Å². The Balaban J connectivity index is 2.53. The average molecular weight is 204 g/mol. The van der Waals surface area contributed by atoms with Crippen LogP contribution in [0.25, 0.3) is 5.57 Å². The van der Waals surface area contributed by atoms with E-state index >= 15 is 0 Å². The maximum Gasteiger partial charge on any atom is 0.163 e. The summed E-state index contributed by atoms with van der Waals surface area (Å²) in [5.41, 5.74) is 3.07. The zero-order valence-corrected chi connectivity index (χ0v) is 8.93. The van der Waals surface area contributed by atoms with E-state index in [1.807, 2.05) is 13.0 Å². The van der Waals surface area contributed by atoms with Gasteiger partial charge in [-0.2, -0.15) is 0 Å². The van der Waals surface area contributed by atoms with Crippen molar-refractivity contribution in [1.82, 2.24) is 0 Å². The van der Waals surface area contributed by atoms with Gasteiger partial charge in [0, 0.05) is 12.0 Å². The van der Waals surface area contributed by atoms with Crippen LogP contribution in [0.5, 0.6) is 0 Å². The number of aryl methyl sites for hydroxylation is 2. The van der Waals surface area contributed by atoms with Crippen LogP contribution < -0.4 is 0 Å². The second-order valence-electron chi connectivity index (χ2n) is 4.00. The lowest BCUT2D eigenvalue weighted by Crippen LogP contribution is -1.99. The predicted molar refractivity (Wildman–Crippen MR) is 58.1 cm³/mol. The SMILES string of the molecule is Cc1cc(C2=CCCC2=O)c(C)cc1F. The molecule has 0 radical (unpaired) electrons. The van der Waals surface area contributed by atoms with E-state index in [2.05, 4.69) is 0 Å². The molecule has 0 fully saturated rings. The Bertz CT molecular complexity index is 458. The first kappa shape index (κ1) is 10.1. The molecule has 1 aromatic rings. The Morgan fingerprint density at radius 2 is 1.93 bits per heavy atom. The highest BCUT2D eigenvalue weighted by Gasteiger charge is 2.19. The molecule has 78 valence electrons. The van der Waals surface area contributed by atoms with Crippen molar-refractivity contribution in [1.29, 1.82) is 0 Å². The molecule has 0 bridgehead atoms. The zero-order chi connectivity index (χ0) is 11.0. The van der Waals surface area contributed by atoms with Crippen LogP contribution in [0.4, 0.5) is 4.39 Å². The minimum absolute atomic E-state index is 0.170. The molecule has 0 N–H and O–H groups in total. The van der Waals surface area contributed by atoms with E-state index < -0.39 is 0 Å². The molecule has 0 heterocycles. The van der Waals surface area contributed by atoms with Gasteiger partial charge in [0.1, 0.15) is 5.82 Å². The number of hydrogen-bond acceptors (Lipinski definition) is 1. The third-order valence-corrected chi connectivity index (χ3v) is 2.82. The van der Waals surface area contributed by atoms with Crippen LogP contribution in [-0.4, -0.2) is 5.78 Å². The van der Waals surface area contributed by atoms with E-state index in [1.165, 1.54) is 6.07 Å². The van der Waals surface area contributed by atoms with E-state index in [9.17, 15) is 9.18 Å². The van der Waals surface area contributed by atoms with Crippen molar-refractivity contribution < 1.29 is 9.18 Å². The van der Waals surface area contributed by atoms with Gasteiger partial charge in [-0.25, -0.2) is 4.39 Å². The summed E-state index contributed by atoms with van der Waals surface area (Å²) >= 11 is 0. The molecule has 0 amide bonds. The second-order valence-corrected chi connectivity index (χ2v) is 4.00. The molecule has 0 saturated carbocycles. The molecule has 2 heteroatoms. The van der Waals surface area contributed by atoms with Crippen LogP contribution in [-0.2, 0) is 4.79 Å². The number of hydrogen-bond donors (Lipinski definition) is 0. The van der Waals surface area contributed by atoms with E-state index in [4.69, 9.17) is 0 Å². The topological polar surface area (TPSA) is 17.1 Å². The smallest absolute Gasteiger partial charge is 0.163 e. The summed E-state index contributed by atoms with van der Waals surface area (Å²) < 4.78 is 13.2. The quantitative estimate of drug-likeness (QED) is 0.686. The first-order chi connectivity index (χ1) is 7.09. The Morgan fingerprint density at radius 3 is 2.53 bits per heavy atom. The highest BCUT2D eigenvalue weighted by molar-refractivity contribution is 6.22. The molecular weight excluding hydrogens is 191 g/mol. The fourth-order valence-corrected chi connectivity index (χ4v) is 1.93. The number of carbonyl (C=O) groups is 1. The van der Waals surface area contributed by atoms with E-state index in [1.54, 1.807) is 13.0 Å². The fourth-order valence-electron chi connectivity index (χ4n) is 1.93. The monoisotopic (exact) mass is 204 g/mol. The van der Waals surface area contributed by atoms with Crippen molar-refractivity contribution in [3.63, 3.8) is 0 Å². The summed E-state index contributed by atoms with van der Waals surface area (Å²) in [5, 5.41) is 0. The van der Waals surface area contributed by atoms with Gasteiger partial charge >= 0.3 is 0 Å². The average Bonchev–Trinajstić information content (AvgIpc) is 2.58. The van der Waals surface area contributed by atoms with Crippen LogP contribution >= 0.6 is 0 Å². The number of ketones is 1. The van der Waals surface area contributed by atoms with Gasteiger partial charge in [-0.3, -0.25) is 4.79 Å². The Morgan fingerprint density at radius 1 is 1.20 bits per heavy atom. The van der Waals surface area contributed by atoms with Crippen LogP contribution in [0.15, 0.2) is 18.2 Å². The number of allylic oxidation sites excluding steroid dienone is 2. The molecule has 0 saturated heterocycles. The van der Waals surface area contributed by atoms with Gasteiger partial charge < -0.3 is 0 Å². The number of carbonyl (C=O) groups excluding carboxylic acids is 1. The molecule has 15 heavy (non-hydrogen) atoms. The van der Waals surface area contributed by atoms with Gasteiger partial charge in [-0.1, -0.05) is 6.08 Å². The molecule has 0 aliphatic heterocycles. The number of benzene rings is 1. The number of Topliss-reactive ketones (excluding diaryl/α,β-unsaturated/α-hetero) is 1. The van der Waals surface area contributed by atoms with Crippen molar-refractivity contribution >= 4 is 11.4 Å². The molecule has 0 spiro atoms. The number of rotatable bonds is 1. The Kier molecular flexibility index (Phi) is 2.43. The van der Waals surface area contributed by atoms with Crippen LogP contribution in [0, 0.1) is 19.7 Å². The second kappa shape index (κ2) is 3.61. The molecule has 0 unspecified atom stereocenters. The Labute approximate surface area is 88.6 Å². The zero-order valence-electron chi connectivity index (χ0n) is 8.93. The highest BCUT2D eigenvalue weighted by atomic mass is 19.1. The lowest BCUT2D eigenvalue weighted by atomic mass is 9.97. The van der Waals surface area contributed by atoms with Crippen LogP contribution in [0.1, 0.15) is 29.5 Å². The summed E-state index contributed by atoms with van der Waals surface area (Å²) in [5.74, 6) is -0.0357. The van der Waals surface area contributed by atoms with Crippen LogP contribution in [0.3, 0.4) is 0 Å². The lowest BCUT2D eigenvalue weighted by molar-refractivity contribution is -0.113. The van der Waals surface area contributed by atoms with Crippen molar-refractivity contribution in [2.45, 2.75) is 26.7 Å². The predicted octanol–water partition coefficient (Wildman–Crippen LogP) is 3.19. The first-order valence-electron chi connectivity index (χ1n) is 5.10. The molecule has 0 atom stereocenters. The van der Waals surface area contributed by atoms with Crippen molar-refractivity contribution in [2.24, 2.45) is 0 Å². The van der Waals surface area contributed by atoms with Crippen LogP contribution in [0.2, 0.25) is 0 Å². The minimum atomic E-state index is -0.206. The standard InChI is InChI=1S/C13H13FO/c1-8-7-12(14)9(2)6-11(8)10-4-3-5-13(10)15/h4,6-7H,3,5H2,1-2H3. The third-order valence-electron chi connectivity index (χ3n) is 2.82. The molecule has 0 aromatic heterocycles. The summed E-state index contributed by atoms with van der Waals surface area (Å²) in [6, 6.07) is 3.26. The molecule has 1 aliphatic rings. The summed E-state index contributed by atoms with van der Waals surface area (Å²) in [7, 11) is 0. The normalized spacial score (nSPS) is 15.7. The summed E-state index contributed by atoms with van der Waals surface area (Å²) in [4.78, 5) is 11.6. The molecule has 1 nitrogen and oxygen atoms in total. The van der Waals surface area contributed by atoms with Gasteiger partial charge in [-0.05, 0) is 49.1 Å². The van der Waals surface area contributed by atoms with Gasteiger partial charge in [0.15, 0.2) is 5.78 Å². The minimum Gasteiger partial charge on any atom is -0.294 e. The van der Waals surface area contributed by atoms with Gasteiger partial charge in [0.25, 0.3) is 0 Å². The molecule has 1 aromatic carbocycles. The van der Waals surface area contributed by atoms with Gasteiger partial charge in [0.2, 0.25) is 0 Å². The molecular formula is C13H13FO. The van der Waals surface area contributed by atoms with Crippen molar-refractivity contribution in [2.75, 3.05) is 0 Å². The fraction of sp³-hybridized carbons (Fsp3) is 0.308. The summed E-state index contributed by atoms with van der Waals surface area (Å²) in [6.07, 6.45) is 3.34. The van der Waals surface area contributed by atoms with E-state index in [0.717, 1.165) is 23.1 Å². The largest absolute Gasteiger partial charge is 0.294 e. The van der Waals surface area contributed by atoms with Gasteiger partial charge in [0.05, 0.1) is 0 Å². The van der Waals surface area contributed by atoms with E-state index in [0.29, 0.717) is 12.0 Å². The molecule has 1 aliphatic carbocycles. The highest BCUT2D eigenvalue weighted by Crippen LogP contribution is 2.28. The molecule has 2 rings (SSSR count). The first-order valence-corrected chi connectivity index (χ1v) is 5.10.